The molecule has 0 radical (unpaired) electrons. The highest BCUT2D eigenvalue weighted by atomic mass is 32.2. The van der Waals surface area contributed by atoms with Crippen molar-refractivity contribution in [2.45, 2.75) is 19.1 Å². The number of aromatic nitrogens is 2. The van der Waals surface area contributed by atoms with Crippen molar-refractivity contribution in [2.24, 2.45) is 0 Å². The number of benzene rings is 1. The number of carbonyl (C=O) groups excluding carboxylic acids is 1. The van der Waals surface area contributed by atoms with Gasteiger partial charge in [0.1, 0.15) is 27.2 Å². The first-order chi connectivity index (χ1) is 16.3. The fourth-order valence-corrected chi connectivity index (χ4v) is 3.59. The predicted octanol–water partition coefficient (Wildman–Crippen LogP) is 4.35. The summed E-state index contributed by atoms with van der Waals surface area (Å²) < 4.78 is 89.7. The minimum absolute atomic E-state index is 0.0287. The number of hydrogen-bond donors (Lipinski definition) is 2. The lowest BCUT2D eigenvalue weighted by molar-refractivity contribution is -0.141. The van der Waals surface area contributed by atoms with E-state index in [0.29, 0.717) is 0 Å². The number of nitrogens with zero attached hydrogens (tertiary/aromatic N) is 2. The minimum atomic E-state index is -4.73. The summed E-state index contributed by atoms with van der Waals surface area (Å²) in [5.41, 5.74) is -1.19. The van der Waals surface area contributed by atoms with Crippen LogP contribution in [0.15, 0.2) is 48.7 Å². The number of anilines is 1. The summed E-state index contributed by atoms with van der Waals surface area (Å²) in [6.07, 6.45) is -2.72. The Morgan fingerprint density at radius 1 is 1.09 bits per heavy atom. The standard InChI is InChI=1S/C22H19F5N4O3S/c1-35(33,34)8-7-18-17(24)10-16(12-28-18)30-21(32)29-11-14-5-6-19(22(25,26)27)31-20(14)13-3-2-4-15(23)9-13/h2-6,9-10,12H,7-8,11H2,1H3,(H2,29,30,32). The van der Waals surface area contributed by atoms with Crippen LogP contribution in [0, 0.1) is 11.6 Å². The van der Waals surface area contributed by atoms with E-state index >= 15 is 0 Å². The molecule has 0 unspecified atom stereocenters. The van der Waals surface area contributed by atoms with E-state index in [-0.39, 0.29) is 46.9 Å². The Hall–Kier alpha value is -3.61. The lowest BCUT2D eigenvalue weighted by atomic mass is 10.0. The molecule has 0 fully saturated rings. The summed E-state index contributed by atoms with van der Waals surface area (Å²) in [6.45, 7) is -0.273. The highest BCUT2D eigenvalue weighted by Gasteiger charge is 2.33. The van der Waals surface area contributed by atoms with Gasteiger partial charge in [-0.1, -0.05) is 18.2 Å². The van der Waals surface area contributed by atoms with Crippen LogP contribution in [0.5, 0.6) is 0 Å². The molecule has 0 aliphatic carbocycles. The van der Waals surface area contributed by atoms with Crippen molar-refractivity contribution < 1.29 is 35.2 Å². The van der Waals surface area contributed by atoms with Crippen LogP contribution in [-0.2, 0) is 29.0 Å². The monoisotopic (exact) mass is 514 g/mol. The van der Waals surface area contributed by atoms with Crippen LogP contribution in [0.4, 0.5) is 32.4 Å². The zero-order valence-corrected chi connectivity index (χ0v) is 19.0. The molecule has 1 aromatic carbocycles. The van der Waals surface area contributed by atoms with Gasteiger partial charge >= 0.3 is 12.2 Å². The van der Waals surface area contributed by atoms with Gasteiger partial charge in [0, 0.05) is 30.9 Å². The Bertz CT molecular complexity index is 1350. The van der Waals surface area contributed by atoms with E-state index in [1.807, 2.05) is 0 Å². The lowest BCUT2D eigenvalue weighted by Crippen LogP contribution is -2.28. The number of sulfone groups is 1. The minimum Gasteiger partial charge on any atom is -0.334 e. The maximum absolute atomic E-state index is 14.2. The topological polar surface area (TPSA) is 101 Å². The molecule has 0 aliphatic rings. The number of carbonyl (C=O) groups is 1. The van der Waals surface area contributed by atoms with E-state index in [1.165, 1.54) is 12.1 Å². The molecule has 3 aromatic rings. The smallest absolute Gasteiger partial charge is 0.334 e. The fourth-order valence-electron chi connectivity index (χ4n) is 3.03. The maximum Gasteiger partial charge on any atom is 0.433 e. The Morgan fingerprint density at radius 2 is 1.83 bits per heavy atom. The summed E-state index contributed by atoms with van der Waals surface area (Å²) in [5, 5.41) is 4.74. The van der Waals surface area contributed by atoms with Crippen molar-refractivity contribution in [3.8, 4) is 11.3 Å². The molecular weight excluding hydrogens is 495 g/mol. The van der Waals surface area contributed by atoms with Gasteiger partial charge in [-0.2, -0.15) is 13.2 Å². The maximum atomic E-state index is 14.2. The van der Waals surface area contributed by atoms with Gasteiger partial charge in [-0.15, -0.1) is 0 Å². The van der Waals surface area contributed by atoms with Crippen LogP contribution >= 0.6 is 0 Å². The van der Waals surface area contributed by atoms with Gasteiger partial charge in [0.2, 0.25) is 0 Å². The fraction of sp³-hybridized carbons (Fsp3) is 0.227. The second-order valence-electron chi connectivity index (χ2n) is 7.55. The third-order valence-electron chi connectivity index (χ3n) is 4.69. The van der Waals surface area contributed by atoms with Crippen LogP contribution in [-0.4, -0.2) is 36.4 Å². The van der Waals surface area contributed by atoms with E-state index in [4.69, 9.17) is 0 Å². The molecule has 0 spiro atoms. The van der Waals surface area contributed by atoms with Crippen LogP contribution in [0.3, 0.4) is 0 Å². The first kappa shape index (κ1) is 26.0. The van der Waals surface area contributed by atoms with Gasteiger partial charge in [-0.25, -0.2) is 27.0 Å². The molecule has 0 atom stereocenters. The number of amides is 2. The molecule has 2 N–H and O–H groups in total. The van der Waals surface area contributed by atoms with Crippen LogP contribution in [0.1, 0.15) is 17.0 Å². The molecule has 0 saturated heterocycles. The SMILES string of the molecule is CS(=O)(=O)CCc1ncc(NC(=O)NCc2ccc(C(F)(F)F)nc2-c2cccc(F)c2)cc1F. The Morgan fingerprint density at radius 3 is 2.46 bits per heavy atom. The van der Waals surface area contributed by atoms with Crippen LogP contribution in [0.25, 0.3) is 11.3 Å². The Balaban J connectivity index is 1.73. The molecule has 35 heavy (non-hydrogen) atoms. The molecule has 0 bridgehead atoms. The molecule has 0 aliphatic heterocycles. The zero-order chi connectivity index (χ0) is 25.8. The van der Waals surface area contributed by atoms with E-state index in [0.717, 1.165) is 42.8 Å². The lowest BCUT2D eigenvalue weighted by Gasteiger charge is -2.14. The van der Waals surface area contributed by atoms with Crippen molar-refractivity contribution >= 4 is 21.6 Å². The number of aryl methyl sites for hydroxylation is 1. The van der Waals surface area contributed by atoms with Crippen molar-refractivity contribution in [1.29, 1.82) is 0 Å². The average Bonchev–Trinajstić information content (AvgIpc) is 2.76. The van der Waals surface area contributed by atoms with Crippen molar-refractivity contribution in [1.82, 2.24) is 15.3 Å². The normalized spacial score (nSPS) is 11.8. The van der Waals surface area contributed by atoms with Crippen molar-refractivity contribution in [3.05, 3.63) is 77.2 Å². The quantitative estimate of drug-likeness (QED) is 0.457. The summed E-state index contributed by atoms with van der Waals surface area (Å²) in [5.74, 6) is -1.78. The largest absolute Gasteiger partial charge is 0.433 e. The van der Waals surface area contributed by atoms with E-state index in [9.17, 15) is 35.2 Å². The molecule has 0 saturated carbocycles. The van der Waals surface area contributed by atoms with Crippen molar-refractivity contribution in [2.75, 3.05) is 17.3 Å². The van der Waals surface area contributed by atoms with Gasteiger partial charge in [0.25, 0.3) is 0 Å². The molecule has 13 heteroatoms. The first-order valence-electron chi connectivity index (χ1n) is 10.0. The third-order valence-corrected chi connectivity index (χ3v) is 5.64. The second kappa shape index (κ2) is 10.3. The van der Waals surface area contributed by atoms with Gasteiger partial charge in [-0.3, -0.25) is 4.98 Å². The number of halogens is 5. The van der Waals surface area contributed by atoms with Crippen LogP contribution in [0.2, 0.25) is 0 Å². The third kappa shape index (κ3) is 7.44. The molecule has 3 rings (SSSR count). The van der Waals surface area contributed by atoms with E-state index in [2.05, 4.69) is 20.6 Å². The highest BCUT2D eigenvalue weighted by Crippen LogP contribution is 2.31. The van der Waals surface area contributed by atoms with Gasteiger partial charge in [0.05, 0.1) is 29.0 Å². The molecule has 2 aromatic heterocycles. The Kier molecular flexibility index (Phi) is 7.68. The van der Waals surface area contributed by atoms with Gasteiger partial charge in [-0.05, 0) is 23.8 Å². The number of pyridine rings is 2. The number of nitrogens with one attached hydrogen (secondary N) is 2. The van der Waals surface area contributed by atoms with E-state index < -0.39 is 39.4 Å². The summed E-state index contributed by atoms with van der Waals surface area (Å²) in [4.78, 5) is 19.7. The molecular formula is C22H19F5N4O3S. The first-order valence-corrected chi connectivity index (χ1v) is 12.1. The molecule has 2 amide bonds. The van der Waals surface area contributed by atoms with Gasteiger partial charge in [0.15, 0.2) is 0 Å². The number of hydrogen-bond acceptors (Lipinski definition) is 5. The molecule has 7 nitrogen and oxygen atoms in total. The van der Waals surface area contributed by atoms with Crippen LogP contribution < -0.4 is 10.6 Å². The zero-order valence-electron chi connectivity index (χ0n) is 18.2. The van der Waals surface area contributed by atoms with E-state index in [1.54, 1.807) is 0 Å². The Labute approximate surface area is 197 Å². The molecule has 186 valence electrons. The average molecular weight is 514 g/mol. The summed E-state index contributed by atoms with van der Waals surface area (Å²) in [7, 11) is -3.31. The summed E-state index contributed by atoms with van der Waals surface area (Å²) in [6, 6.07) is 6.85. The second-order valence-corrected chi connectivity index (χ2v) is 9.81. The number of alkyl halides is 3. The predicted molar refractivity (Wildman–Crippen MR) is 118 cm³/mol. The van der Waals surface area contributed by atoms with Gasteiger partial charge < -0.3 is 10.6 Å². The number of urea groups is 1. The summed E-state index contributed by atoms with van der Waals surface area (Å²) >= 11 is 0. The number of rotatable bonds is 7. The highest BCUT2D eigenvalue weighted by molar-refractivity contribution is 7.90. The molecule has 2 heterocycles. The van der Waals surface area contributed by atoms with Crippen molar-refractivity contribution in [3.63, 3.8) is 0 Å².